The summed E-state index contributed by atoms with van der Waals surface area (Å²) in [5.41, 5.74) is 0.755. The number of aromatic amines is 1. The van der Waals surface area contributed by atoms with Crippen LogP contribution in [0.1, 0.15) is 27.1 Å². The number of H-pyrrole nitrogens is 1. The van der Waals surface area contributed by atoms with Gasteiger partial charge in [0, 0.05) is 19.0 Å². The standard InChI is InChI=1S/C17H18N2O5/c20-16(12-5-7-18-9-12)19-14-6-8-23-10-15(14)24-13-3-1-11(2-4-13)17(21)22/h1-5,7,9,14-15,18H,6,8,10H2,(H,19,20)(H,21,22)/t14-,15-/m1/s1. The molecule has 0 spiro atoms. The van der Waals surface area contributed by atoms with Crippen LogP contribution in [-0.2, 0) is 4.74 Å². The van der Waals surface area contributed by atoms with Crippen LogP contribution in [0.15, 0.2) is 42.7 Å². The van der Waals surface area contributed by atoms with Crippen LogP contribution in [-0.4, -0.2) is 47.3 Å². The molecule has 7 heteroatoms. The number of carbonyl (C=O) groups is 2. The zero-order valence-corrected chi connectivity index (χ0v) is 12.9. The molecule has 0 radical (unpaired) electrons. The van der Waals surface area contributed by atoms with Crippen molar-refractivity contribution < 1.29 is 24.2 Å². The Labute approximate surface area is 138 Å². The molecule has 2 heterocycles. The molecule has 0 bridgehead atoms. The molecule has 1 aromatic carbocycles. The Hall–Kier alpha value is -2.80. The maximum Gasteiger partial charge on any atom is 0.335 e. The lowest BCUT2D eigenvalue weighted by atomic mass is 10.1. The van der Waals surface area contributed by atoms with Gasteiger partial charge in [-0.05, 0) is 36.8 Å². The first kappa shape index (κ1) is 16.1. The van der Waals surface area contributed by atoms with Gasteiger partial charge in [0.05, 0.1) is 23.8 Å². The predicted molar refractivity (Wildman–Crippen MR) is 85.3 cm³/mol. The number of rotatable bonds is 5. The van der Waals surface area contributed by atoms with Gasteiger partial charge in [0.2, 0.25) is 0 Å². The zero-order chi connectivity index (χ0) is 16.9. The first-order valence-electron chi connectivity index (χ1n) is 7.65. The minimum Gasteiger partial charge on any atom is -0.486 e. The second-order valence-electron chi connectivity index (χ2n) is 5.53. The van der Waals surface area contributed by atoms with Crippen LogP contribution in [0, 0.1) is 0 Å². The number of carbonyl (C=O) groups excluding carboxylic acids is 1. The highest BCUT2D eigenvalue weighted by Crippen LogP contribution is 2.19. The summed E-state index contributed by atoms with van der Waals surface area (Å²) in [5.74, 6) is -0.617. The first-order chi connectivity index (χ1) is 11.6. The highest BCUT2D eigenvalue weighted by molar-refractivity contribution is 5.94. The summed E-state index contributed by atoms with van der Waals surface area (Å²) in [7, 11) is 0. The Kier molecular flexibility index (Phi) is 4.81. The van der Waals surface area contributed by atoms with Gasteiger partial charge >= 0.3 is 5.97 Å². The smallest absolute Gasteiger partial charge is 0.335 e. The molecule has 0 unspecified atom stereocenters. The van der Waals surface area contributed by atoms with E-state index >= 15 is 0 Å². The summed E-state index contributed by atoms with van der Waals surface area (Å²) >= 11 is 0. The van der Waals surface area contributed by atoms with E-state index in [0.717, 1.165) is 0 Å². The summed E-state index contributed by atoms with van der Waals surface area (Å²) in [5, 5.41) is 11.9. The van der Waals surface area contributed by atoms with Gasteiger partial charge in [-0.25, -0.2) is 4.79 Å². The van der Waals surface area contributed by atoms with Gasteiger partial charge in [-0.15, -0.1) is 0 Å². The lowest BCUT2D eigenvalue weighted by Gasteiger charge is -2.32. The van der Waals surface area contributed by atoms with E-state index in [1.807, 2.05) is 0 Å². The number of benzene rings is 1. The van der Waals surface area contributed by atoms with Crippen LogP contribution in [0.3, 0.4) is 0 Å². The molecule has 3 rings (SSSR count). The monoisotopic (exact) mass is 330 g/mol. The average Bonchev–Trinajstić information content (AvgIpc) is 3.12. The van der Waals surface area contributed by atoms with E-state index < -0.39 is 5.97 Å². The second-order valence-corrected chi connectivity index (χ2v) is 5.53. The molecule has 2 atom stereocenters. The van der Waals surface area contributed by atoms with Gasteiger partial charge < -0.3 is 24.9 Å². The minimum atomic E-state index is -0.987. The van der Waals surface area contributed by atoms with Crippen LogP contribution in [0.4, 0.5) is 0 Å². The van der Waals surface area contributed by atoms with E-state index in [4.69, 9.17) is 14.6 Å². The SMILES string of the molecule is O=C(O)c1ccc(O[C@@H]2COCC[C@H]2NC(=O)c2cc[nH]c2)cc1. The molecule has 0 aliphatic carbocycles. The number of ether oxygens (including phenoxy) is 2. The molecule has 2 aromatic rings. The van der Waals surface area contributed by atoms with Gasteiger partial charge in [0.15, 0.2) is 0 Å². The highest BCUT2D eigenvalue weighted by atomic mass is 16.5. The van der Waals surface area contributed by atoms with Crippen molar-refractivity contribution >= 4 is 11.9 Å². The van der Waals surface area contributed by atoms with Gasteiger partial charge in [0.25, 0.3) is 5.91 Å². The fourth-order valence-electron chi connectivity index (χ4n) is 2.56. The molecule has 1 aliphatic rings. The fourth-order valence-corrected chi connectivity index (χ4v) is 2.56. The molecular weight excluding hydrogens is 312 g/mol. The minimum absolute atomic E-state index is 0.169. The molecule has 1 saturated heterocycles. The predicted octanol–water partition coefficient (Wildman–Crippen LogP) is 1.68. The largest absolute Gasteiger partial charge is 0.486 e. The van der Waals surface area contributed by atoms with Crippen LogP contribution in [0.5, 0.6) is 5.75 Å². The molecule has 126 valence electrons. The van der Waals surface area contributed by atoms with Crippen molar-refractivity contribution in [2.45, 2.75) is 18.6 Å². The first-order valence-corrected chi connectivity index (χ1v) is 7.65. The summed E-state index contributed by atoms with van der Waals surface area (Å²) in [6, 6.07) is 7.69. The number of amides is 1. The van der Waals surface area contributed by atoms with Crippen molar-refractivity contribution in [1.29, 1.82) is 0 Å². The van der Waals surface area contributed by atoms with Gasteiger partial charge in [-0.2, -0.15) is 0 Å². The van der Waals surface area contributed by atoms with Crippen molar-refractivity contribution in [2.24, 2.45) is 0 Å². The van der Waals surface area contributed by atoms with E-state index in [2.05, 4.69) is 10.3 Å². The number of aromatic carboxylic acids is 1. The highest BCUT2D eigenvalue weighted by Gasteiger charge is 2.29. The van der Waals surface area contributed by atoms with Gasteiger partial charge in [-0.3, -0.25) is 4.79 Å². The summed E-state index contributed by atoms with van der Waals surface area (Å²) in [4.78, 5) is 25.9. The third kappa shape index (κ3) is 3.75. The maximum atomic E-state index is 12.2. The average molecular weight is 330 g/mol. The molecule has 3 N–H and O–H groups in total. The third-order valence-electron chi connectivity index (χ3n) is 3.87. The lowest BCUT2D eigenvalue weighted by molar-refractivity contribution is -0.0135. The van der Waals surface area contributed by atoms with E-state index in [-0.39, 0.29) is 23.6 Å². The topological polar surface area (TPSA) is 101 Å². The van der Waals surface area contributed by atoms with Crippen molar-refractivity contribution in [3.8, 4) is 5.75 Å². The van der Waals surface area contributed by atoms with Crippen LogP contribution in [0.2, 0.25) is 0 Å². The quantitative estimate of drug-likeness (QED) is 0.774. The van der Waals surface area contributed by atoms with Crippen LogP contribution >= 0.6 is 0 Å². The fraction of sp³-hybridized carbons (Fsp3) is 0.294. The van der Waals surface area contributed by atoms with Crippen LogP contribution < -0.4 is 10.1 Å². The third-order valence-corrected chi connectivity index (χ3v) is 3.87. The lowest BCUT2D eigenvalue weighted by Crippen LogP contribution is -2.51. The Bertz CT molecular complexity index is 696. The normalized spacial score (nSPS) is 20.3. The number of nitrogens with one attached hydrogen (secondary N) is 2. The van der Waals surface area contributed by atoms with Crippen molar-refractivity contribution in [1.82, 2.24) is 10.3 Å². The van der Waals surface area contributed by atoms with Crippen molar-refractivity contribution in [3.05, 3.63) is 53.9 Å². The van der Waals surface area contributed by atoms with E-state index in [0.29, 0.717) is 30.9 Å². The molecular formula is C17H18N2O5. The number of hydrogen-bond acceptors (Lipinski definition) is 4. The number of hydrogen-bond donors (Lipinski definition) is 3. The molecule has 7 nitrogen and oxygen atoms in total. The number of carboxylic acid groups (broad SMARTS) is 1. The number of aromatic nitrogens is 1. The molecule has 1 aromatic heterocycles. The van der Waals surface area contributed by atoms with Crippen molar-refractivity contribution in [3.63, 3.8) is 0 Å². The van der Waals surface area contributed by atoms with Crippen LogP contribution in [0.25, 0.3) is 0 Å². The van der Waals surface area contributed by atoms with E-state index in [9.17, 15) is 9.59 Å². The Balaban J connectivity index is 1.65. The molecule has 1 fully saturated rings. The van der Waals surface area contributed by atoms with E-state index in [1.54, 1.807) is 30.6 Å². The Morgan fingerprint density at radius 1 is 1.21 bits per heavy atom. The summed E-state index contributed by atoms with van der Waals surface area (Å²) in [6.07, 6.45) is 3.64. The van der Waals surface area contributed by atoms with Gasteiger partial charge in [-0.1, -0.05) is 0 Å². The summed E-state index contributed by atoms with van der Waals surface area (Å²) < 4.78 is 11.3. The molecule has 0 saturated carbocycles. The van der Waals surface area contributed by atoms with E-state index in [1.165, 1.54) is 12.1 Å². The summed E-state index contributed by atoms with van der Waals surface area (Å²) in [6.45, 7) is 0.911. The Morgan fingerprint density at radius 2 is 2.00 bits per heavy atom. The molecule has 1 amide bonds. The number of carboxylic acids is 1. The molecule has 1 aliphatic heterocycles. The Morgan fingerprint density at radius 3 is 2.67 bits per heavy atom. The molecule has 24 heavy (non-hydrogen) atoms. The van der Waals surface area contributed by atoms with Gasteiger partial charge in [0.1, 0.15) is 11.9 Å². The second kappa shape index (κ2) is 7.18. The van der Waals surface area contributed by atoms with Crippen molar-refractivity contribution in [2.75, 3.05) is 13.2 Å². The maximum absolute atomic E-state index is 12.2. The zero-order valence-electron chi connectivity index (χ0n) is 12.9.